The van der Waals surface area contributed by atoms with E-state index in [0.29, 0.717) is 29.7 Å². The average molecular weight is 408 g/mol. The number of hydrogen-bond donors (Lipinski definition) is 2. The summed E-state index contributed by atoms with van der Waals surface area (Å²) in [6.45, 7) is 2.58. The zero-order valence-corrected chi connectivity index (χ0v) is 17.4. The lowest BCUT2D eigenvalue weighted by Crippen LogP contribution is -2.33. The molecule has 3 aromatic rings. The Bertz CT molecular complexity index is 1070. The fourth-order valence-corrected chi connectivity index (χ4v) is 4.16. The van der Waals surface area contributed by atoms with E-state index in [-0.39, 0.29) is 12.0 Å². The molecule has 1 fully saturated rings. The number of pyridine rings is 1. The fraction of sp³-hybridized carbons (Fsp3) is 0.400. The van der Waals surface area contributed by atoms with Gasteiger partial charge in [0.05, 0.1) is 17.9 Å². The highest BCUT2D eigenvalue weighted by molar-refractivity contribution is 5.79. The van der Waals surface area contributed by atoms with Crippen LogP contribution in [-0.2, 0) is 6.61 Å². The van der Waals surface area contributed by atoms with Gasteiger partial charge in [-0.3, -0.25) is 4.79 Å². The molecule has 1 aliphatic carbocycles. The number of aliphatic hydroxyl groups is 1. The third-order valence-electron chi connectivity index (χ3n) is 6.06. The molecule has 2 N–H and O–H groups in total. The predicted molar refractivity (Wildman–Crippen MR) is 118 cm³/mol. The average Bonchev–Trinajstić information content (AvgIpc) is 2.76. The first-order valence-corrected chi connectivity index (χ1v) is 10.7. The van der Waals surface area contributed by atoms with Crippen LogP contribution < -0.4 is 14.9 Å². The molecule has 0 spiro atoms. The summed E-state index contributed by atoms with van der Waals surface area (Å²) in [7, 11) is 0. The number of para-hydroxylation sites is 1. The molecule has 2 aromatic carbocycles. The van der Waals surface area contributed by atoms with Gasteiger partial charge in [-0.15, -0.1) is 0 Å². The maximum Gasteiger partial charge on any atom is 0.192 e. The van der Waals surface area contributed by atoms with Gasteiger partial charge in [0.1, 0.15) is 18.1 Å². The highest BCUT2D eigenvalue weighted by Crippen LogP contribution is 2.31. The second-order valence-corrected chi connectivity index (χ2v) is 8.25. The molecule has 0 aliphatic heterocycles. The van der Waals surface area contributed by atoms with Gasteiger partial charge in [-0.2, -0.15) is 0 Å². The Morgan fingerprint density at radius 2 is 1.73 bits per heavy atom. The van der Waals surface area contributed by atoms with Crippen LogP contribution in [0, 0.1) is 6.92 Å². The van der Waals surface area contributed by atoms with Gasteiger partial charge in [-0.25, -0.2) is 0 Å². The zero-order valence-electron chi connectivity index (χ0n) is 17.4. The minimum Gasteiger partial charge on any atom is -0.493 e. The van der Waals surface area contributed by atoms with Crippen molar-refractivity contribution < 1.29 is 14.6 Å². The minimum atomic E-state index is -0.578. The SMILES string of the molecule is Cc1c(COc2cccc(OCCC3(O)CCCCC3)c2)[nH]c2ccccc2c1=O. The van der Waals surface area contributed by atoms with E-state index in [0.717, 1.165) is 42.6 Å². The van der Waals surface area contributed by atoms with E-state index in [1.54, 1.807) is 0 Å². The molecule has 1 heterocycles. The summed E-state index contributed by atoms with van der Waals surface area (Å²) < 4.78 is 11.8. The molecule has 0 unspecified atom stereocenters. The van der Waals surface area contributed by atoms with Crippen LogP contribution in [0.5, 0.6) is 11.5 Å². The van der Waals surface area contributed by atoms with Crippen LogP contribution in [0.3, 0.4) is 0 Å². The molecule has 0 radical (unpaired) electrons. The molecule has 0 bridgehead atoms. The maximum atomic E-state index is 12.6. The monoisotopic (exact) mass is 407 g/mol. The van der Waals surface area contributed by atoms with Crippen molar-refractivity contribution >= 4 is 10.9 Å². The van der Waals surface area contributed by atoms with Crippen LogP contribution >= 0.6 is 0 Å². The van der Waals surface area contributed by atoms with Crippen LogP contribution in [-0.4, -0.2) is 22.3 Å². The Labute approximate surface area is 176 Å². The molecular formula is C25H29NO4. The number of H-pyrrole nitrogens is 1. The Kier molecular flexibility index (Phi) is 6.09. The van der Waals surface area contributed by atoms with Crippen molar-refractivity contribution in [3.63, 3.8) is 0 Å². The van der Waals surface area contributed by atoms with Crippen molar-refractivity contribution in [2.75, 3.05) is 6.61 Å². The summed E-state index contributed by atoms with van der Waals surface area (Å²) in [5.74, 6) is 1.40. The molecule has 4 rings (SSSR count). The van der Waals surface area contributed by atoms with Crippen LogP contribution in [0.25, 0.3) is 10.9 Å². The third-order valence-corrected chi connectivity index (χ3v) is 6.06. The molecular weight excluding hydrogens is 378 g/mol. The van der Waals surface area contributed by atoms with Crippen LogP contribution in [0.4, 0.5) is 0 Å². The lowest BCUT2D eigenvalue weighted by Gasteiger charge is -2.31. The van der Waals surface area contributed by atoms with Gasteiger partial charge in [0.2, 0.25) is 0 Å². The van der Waals surface area contributed by atoms with Crippen LogP contribution in [0.1, 0.15) is 49.8 Å². The van der Waals surface area contributed by atoms with Crippen molar-refractivity contribution in [3.8, 4) is 11.5 Å². The van der Waals surface area contributed by atoms with Gasteiger partial charge in [-0.05, 0) is 44.0 Å². The standard InChI is InChI=1S/C25H29NO4/c1-18-23(26-22-11-4-3-10-21(22)24(18)27)17-30-20-9-7-8-19(16-20)29-15-14-25(28)12-5-2-6-13-25/h3-4,7-11,16,28H,2,5-6,12-15,17H2,1H3,(H,26,27). The number of aromatic nitrogens is 1. The molecule has 1 aliphatic rings. The third kappa shape index (κ3) is 4.68. The van der Waals surface area contributed by atoms with Crippen molar-refractivity contribution in [2.45, 2.75) is 57.7 Å². The molecule has 5 nitrogen and oxygen atoms in total. The van der Waals surface area contributed by atoms with E-state index in [1.807, 2.05) is 55.5 Å². The van der Waals surface area contributed by atoms with E-state index in [1.165, 1.54) is 6.42 Å². The smallest absolute Gasteiger partial charge is 0.192 e. The van der Waals surface area contributed by atoms with Gasteiger partial charge >= 0.3 is 0 Å². The van der Waals surface area contributed by atoms with Crippen LogP contribution in [0.15, 0.2) is 53.3 Å². The lowest BCUT2D eigenvalue weighted by molar-refractivity contribution is -0.0136. The molecule has 0 amide bonds. The minimum absolute atomic E-state index is 0.0284. The maximum absolute atomic E-state index is 12.6. The second kappa shape index (κ2) is 8.92. The van der Waals surface area contributed by atoms with E-state index < -0.39 is 5.60 Å². The highest BCUT2D eigenvalue weighted by atomic mass is 16.5. The molecule has 1 aromatic heterocycles. The van der Waals surface area contributed by atoms with E-state index in [9.17, 15) is 9.90 Å². The summed E-state index contributed by atoms with van der Waals surface area (Å²) >= 11 is 0. The quantitative estimate of drug-likeness (QED) is 0.586. The summed E-state index contributed by atoms with van der Waals surface area (Å²) in [5, 5.41) is 11.3. The highest BCUT2D eigenvalue weighted by Gasteiger charge is 2.28. The zero-order chi connectivity index (χ0) is 21.0. The van der Waals surface area contributed by atoms with Gasteiger partial charge in [0, 0.05) is 29.0 Å². The van der Waals surface area contributed by atoms with Crippen molar-refractivity contribution in [1.29, 1.82) is 0 Å². The first-order chi connectivity index (χ1) is 14.5. The number of hydrogen-bond acceptors (Lipinski definition) is 4. The number of fused-ring (bicyclic) bond motifs is 1. The molecule has 158 valence electrons. The van der Waals surface area contributed by atoms with Crippen molar-refractivity contribution in [3.05, 3.63) is 70.0 Å². The summed E-state index contributed by atoms with van der Waals surface area (Å²) in [5.41, 5.74) is 1.70. The molecule has 1 saturated carbocycles. The Morgan fingerprint density at radius 3 is 2.53 bits per heavy atom. The molecule has 5 heteroatoms. The number of nitrogens with one attached hydrogen (secondary N) is 1. The van der Waals surface area contributed by atoms with Gasteiger partial charge in [0.25, 0.3) is 0 Å². The van der Waals surface area contributed by atoms with Crippen LogP contribution in [0.2, 0.25) is 0 Å². The Hall–Kier alpha value is -2.79. The van der Waals surface area contributed by atoms with Gasteiger partial charge < -0.3 is 19.6 Å². The summed E-state index contributed by atoms with van der Waals surface area (Å²) in [4.78, 5) is 15.9. The van der Waals surface area contributed by atoms with E-state index in [2.05, 4.69) is 4.98 Å². The first-order valence-electron chi connectivity index (χ1n) is 10.7. The fourth-order valence-electron chi connectivity index (χ4n) is 4.16. The van der Waals surface area contributed by atoms with Gasteiger partial charge in [-0.1, -0.05) is 37.5 Å². The summed E-state index contributed by atoms with van der Waals surface area (Å²) in [6, 6.07) is 15.0. The van der Waals surface area contributed by atoms with Crippen molar-refractivity contribution in [1.82, 2.24) is 4.98 Å². The van der Waals surface area contributed by atoms with Crippen molar-refractivity contribution in [2.24, 2.45) is 0 Å². The summed E-state index contributed by atoms with van der Waals surface area (Å²) in [6.07, 6.45) is 5.78. The van der Waals surface area contributed by atoms with Gasteiger partial charge in [0.15, 0.2) is 5.43 Å². The first kappa shape index (κ1) is 20.5. The Morgan fingerprint density at radius 1 is 1.00 bits per heavy atom. The number of benzene rings is 2. The predicted octanol–water partition coefficient (Wildman–Crippen LogP) is 4.88. The number of aromatic amines is 1. The molecule has 0 saturated heterocycles. The van der Waals surface area contributed by atoms with E-state index in [4.69, 9.17) is 9.47 Å². The molecule has 0 atom stereocenters. The molecule has 30 heavy (non-hydrogen) atoms. The topological polar surface area (TPSA) is 71.5 Å². The number of ether oxygens (including phenoxy) is 2. The Balaban J connectivity index is 1.38. The number of rotatable bonds is 7. The largest absolute Gasteiger partial charge is 0.493 e. The van der Waals surface area contributed by atoms with E-state index >= 15 is 0 Å². The second-order valence-electron chi connectivity index (χ2n) is 8.25. The normalized spacial score (nSPS) is 15.8. The lowest BCUT2D eigenvalue weighted by atomic mass is 9.83.